The Kier molecular flexibility index (Phi) is 6.91. The number of aliphatic carboxylic acids is 1. The van der Waals surface area contributed by atoms with E-state index in [0.29, 0.717) is 19.4 Å². The van der Waals surface area contributed by atoms with Crippen LogP contribution in [0.25, 0.3) is 0 Å². The molecule has 0 amide bonds. The van der Waals surface area contributed by atoms with Gasteiger partial charge in [-0.25, -0.2) is 0 Å². The standard InChI is InChI=1S/C12H25BN2O5/c14-12(11(17)18,5-1-2-6-13(19)20)10(16)9-4-3-7-15-8-9/h9-10,15-16,19-20H,1-8,14H2,(H,17,18). The van der Waals surface area contributed by atoms with Crippen LogP contribution in [0.5, 0.6) is 0 Å². The molecule has 20 heavy (non-hydrogen) atoms. The van der Waals surface area contributed by atoms with Gasteiger partial charge in [0.2, 0.25) is 0 Å². The minimum atomic E-state index is -1.68. The molecule has 0 saturated carbocycles. The number of hydrogen-bond acceptors (Lipinski definition) is 6. The molecule has 7 nitrogen and oxygen atoms in total. The van der Waals surface area contributed by atoms with Gasteiger partial charge in [-0.15, -0.1) is 0 Å². The van der Waals surface area contributed by atoms with Gasteiger partial charge in [0.05, 0.1) is 6.10 Å². The molecule has 1 aliphatic heterocycles. The molecule has 1 fully saturated rings. The minimum Gasteiger partial charge on any atom is -0.480 e. The average molecular weight is 288 g/mol. The number of hydrogen-bond donors (Lipinski definition) is 6. The summed E-state index contributed by atoms with van der Waals surface area (Å²) in [6.07, 6.45) is 1.73. The molecule has 0 spiro atoms. The maximum Gasteiger partial charge on any atom is 0.451 e. The summed E-state index contributed by atoms with van der Waals surface area (Å²) < 4.78 is 0. The molecule has 0 aromatic carbocycles. The highest BCUT2D eigenvalue weighted by molar-refractivity contribution is 6.40. The summed E-state index contributed by atoms with van der Waals surface area (Å²) in [5.74, 6) is -1.37. The number of aliphatic hydroxyl groups is 1. The number of carboxylic acid groups (broad SMARTS) is 1. The van der Waals surface area contributed by atoms with E-state index < -0.39 is 24.7 Å². The van der Waals surface area contributed by atoms with E-state index in [2.05, 4.69) is 5.32 Å². The van der Waals surface area contributed by atoms with Crippen LogP contribution in [0, 0.1) is 5.92 Å². The number of nitrogens with two attached hydrogens (primary N) is 1. The van der Waals surface area contributed by atoms with Crippen LogP contribution in [0.3, 0.4) is 0 Å². The quantitative estimate of drug-likeness (QED) is 0.243. The Morgan fingerprint density at radius 2 is 2.15 bits per heavy atom. The number of unbranched alkanes of at least 4 members (excludes halogenated alkanes) is 1. The maximum atomic E-state index is 11.4. The molecular weight excluding hydrogens is 263 g/mol. The first-order chi connectivity index (χ1) is 9.38. The first kappa shape index (κ1) is 17.4. The van der Waals surface area contributed by atoms with Crippen molar-refractivity contribution in [1.29, 1.82) is 0 Å². The SMILES string of the molecule is NC(CCCCB(O)O)(C(=O)O)C(O)C1CCCNC1. The van der Waals surface area contributed by atoms with Gasteiger partial charge >= 0.3 is 13.1 Å². The van der Waals surface area contributed by atoms with Crippen LogP contribution in [0.15, 0.2) is 0 Å². The molecule has 7 N–H and O–H groups in total. The molecule has 1 heterocycles. The van der Waals surface area contributed by atoms with Crippen LogP contribution in [0.1, 0.15) is 32.1 Å². The third kappa shape index (κ3) is 4.71. The van der Waals surface area contributed by atoms with Crippen LogP contribution < -0.4 is 11.1 Å². The Bertz CT molecular complexity index is 312. The molecule has 1 aliphatic rings. The average Bonchev–Trinajstić information content (AvgIpc) is 2.43. The first-order valence-electron chi connectivity index (χ1n) is 7.15. The van der Waals surface area contributed by atoms with E-state index in [1.54, 1.807) is 0 Å². The van der Waals surface area contributed by atoms with Crippen LogP contribution in [0.2, 0.25) is 6.32 Å². The van der Waals surface area contributed by atoms with Crippen molar-refractivity contribution in [2.75, 3.05) is 13.1 Å². The second-order valence-electron chi connectivity index (χ2n) is 5.62. The lowest BCUT2D eigenvalue weighted by atomic mass is 9.76. The Balaban J connectivity index is 2.57. The van der Waals surface area contributed by atoms with E-state index in [-0.39, 0.29) is 18.7 Å². The molecule has 0 bridgehead atoms. The van der Waals surface area contributed by atoms with Crippen molar-refractivity contribution < 1.29 is 25.1 Å². The van der Waals surface area contributed by atoms with Crippen molar-refractivity contribution in [3.63, 3.8) is 0 Å². The highest BCUT2D eigenvalue weighted by atomic mass is 16.4. The van der Waals surface area contributed by atoms with E-state index in [1.165, 1.54) is 0 Å². The van der Waals surface area contributed by atoms with Crippen molar-refractivity contribution in [2.45, 2.75) is 50.1 Å². The molecule has 8 heteroatoms. The van der Waals surface area contributed by atoms with Gasteiger partial charge in [0.15, 0.2) is 0 Å². The van der Waals surface area contributed by atoms with Crippen LogP contribution in [-0.4, -0.2) is 58.1 Å². The van der Waals surface area contributed by atoms with E-state index in [1.807, 2.05) is 0 Å². The van der Waals surface area contributed by atoms with Gasteiger partial charge in [0.1, 0.15) is 5.54 Å². The zero-order chi connectivity index (χ0) is 15.2. The summed E-state index contributed by atoms with van der Waals surface area (Å²) in [7, 11) is -1.39. The number of carboxylic acids is 1. The van der Waals surface area contributed by atoms with Crippen molar-refractivity contribution in [3.8, 4) is 0 Å². The lowest BCUT2D eigenvalue weighted by Gasteiger charge is -2.37. The lowest BCUT2D eigenvalue weighted by molar-refractivity contribution is -0.150. The molecular formula is C12H25BN2O5. The monoisotopic (exact) mass is 288 g/mol. The third-order valence-electron chi connectivity index (χ3n) is 4.01. The summed E-state index contributed by atoms with van der Waals surface area (Å²) in [6.45, 7) is 1.45. The normalized spacial score (nSPS) is 23.9. The minimum absolute atomic E-state index is 0.118. The Hall–Kier alpha value is -0.665. The largest absolute Gasteiger partial charge is 0.480 e. The Labute approximate surface area is 119 Å². The molecule has 0 aromatic rings. The molecule has 3 atom stereocenters. The fourth-order valence-electron chi connectivity index (χ4n) is 2.69. The van der Waals surface area contributed by atoms with Crippen molar-refractivity contribution in [1.82, 2.24) is 5.32 Å². The first-order valence-corrected chi connectivity index (χ1v) is 7.15. The fraction of sp³-hybridized carbons (Fsp3) is 0.917. The Morgan fingerprint density at radius 1 is 1.45 bits per heavy atom. The van der Waals surface area contributed by atoms with Crippen molar-refractivity contribution in [3.05, 3.63) is 0 Å². The van der Waals surface area contributed by atoms with Gasteiger partial charge < -0.3 is 31.3 Å². The number of rotatable bonds is 8. The summed E-state index contributed by atoms with van der Waals surface area (Å²) >= 11 is 0. The fourth-order valence-corrected chi connectivity index (χ4v) is 2.69. The van der Waals surface area contributed by atoms with Gasteiger partial charge in [-0.3, -0.25) is 4.79 Å². The molecule has 1 saturated heterocycles. The molecule has 0 radical (unpaired) electrons. The summed E-state index contributed by atoms with van der Waals surface area (Å²) in [4.78, 5) is 11.4. The third-order valence-corrected chi connectivity index (χ3v) is 4.01. The Morgan fingerprint density at radius 3 is 2.65 bits per heavy atom. The smallest absolute Gasteiger partial charge is 0.451 e. The number of piperidine rings is 1. The van der Waals surface area contributed by atoms with Crippen molar-refractivity contribution in [2.24, 2.45) is 11.7 Å². The molecule has 116 valence electrons. The van der Waals surface area contributed by atoms with Gasteiger partial charge in [0.25, 0.3) is 0 Å². The summed E-state index contributed by atoms with van der Waals surface area (Å²) in [6, 6.07) is 0. The molecule has 0 aliphatic carbocycles. The molecule has 0 aromatic heterocycles. The van der Waals surface area contributed by atoms with Crippen LogP contribution in [0.4, 0.5) is 0 Å². The topological polar surface area (TPSA) is 136 Å². The highest BCUT2D eigenvalue weighted by Crippen LogP contribution is 2.26. The van der Waals surface area contributed by atoms with Gasteiger partial charge in [0, 0.05) is 6.54 Å². The van der Waals surface area contributed by atoms with E-state index in [4.69, 9.17) is 15.8 Å². The summed E-state index contributed by atoms with van der Waals surface area (Å²) in [5, 5.41) is 40.3. The van der Waals surface area contributed by atoms with E-state index >= 15 is 0 Å². The highest BCUT2D eigenvalue weighted by Gasteiger charge is 2.44. The summed E-state index contributed by atoms with van der Waals surface area (Å²) in [5.41, 5.74) is 4.25. The maximum absolute atomic E-state index is 11.4. The number of nitrogens with one attached hydrogen (secondary N) is 1. The predicted molar refractivity (Wildman–Crippen MR) is 75.0 cm³/mol. The van der Waals surface area contributed by atoms with E-state index in [0.717, 1.165) is 19.4 Å². The lowest BCUT2D eigenvalue weighted by Crippen LogP contribution is -2.61. The number of aliphatic hydroxyl groups excluding tert-OH is 1. The van der Waals surface area contributed by atoms with Crippen LogP contribution in [-0.2, 0) is 4.79 Å². The van der Waals surface area contributed by atoms with Gasteiger partial charge in [-0.2, -0.15) is 0 Å². The second kappa shape index (κ2) is 7.94. The van der Waals surface area contributed by atoms with Gasteiger partial charge in [-0.1, -0.05) is 12.8 Å². The zero-order valence-corrected chi connectivity index (χ0v) is 11.7. The van der Waals surface area contributed by atoms with E-state index in [9.17, 15) is 15.0 Å². The van der Waals surface area contributed by atoms with Crippen molar-refractivity contribution >= 4 is 13.1 Å². The number of carbonyl (C=O) groups is 1. The molecule has 3 unspecified atom stereocenters. The van der Waals surface area contributed by atoms with Gasteiger partial charge in [-0.05, 0) is 38.0 Å². The predicted octanol–water partition coefficient (Wildman–Crippen LogP) is -1.23. The molecule has 1 rings (SSSR count). The zero-order valence-electron chi connectivity index (χ0n) is 11.7. The second-order valence-corrected chi connectivity index (χ2v) is 5.62. The van der Waals surface area contributed by atoms with Crippen LogP contribution >= 0.6 is 0 Å².